The largest absolute Gasteiger partial charge is 0.462 e. The molecular weight excluding hydrogens is 760 g/mol. The average Bonchev–Trinajstić information content (AvgIpc) is 3.68. The van der Waals surface area contributed by atoms with Gasteiger partial charge in [0.05, 0.1) is 19.3 Å². The molecule has 0 unspecified atom stereocenters. The second-order valence-electron chi connectivity index (χ2n) is 19.8. The Kier molecular flexibility index (Phi) is 11.3. The number of rotatable bonds is 8. The number of aliphatic hydroxyl groups excluding tert-OH is 7. The van der Waals surface area contributed by atoms with Crippen LogP contribution in [0, 0.1) is 45.8 Å². The third-order valence-electron chi connectivity index (χ3n) is 17.0. The maximum Gasteiger partial charge on any atom is 0.338 e. The van der Waals surface area contributed by atoms with Gasteiger partial charge in [0.25, 0.3) is 0 Å². The Labute approximate surface area is 338 Å². The van der Waals surface area contributed by atoms with Gasteiger partial charge in [-0.2, -0.15) is 0 Å². The average molecular weight is 825 g/mol. The van der Waals surface area contributed by atoms with Crippen LogP contribution in [0.2, 0.25) is 0 Å². The molecule has 58 heavy (non-hydrogen) atoms. The van der Waals surface area contributed by atoms with E-state index < -0.39 is 115 Å². The highest BCUT2D eigenvalue weighted by atomic mass is 16.8. The van der Waals surface area contributed by atoms with Gasteiger partial charge in [0.2, 0.25) is 0 Å². The zero-order valence-electron chi connectivity index (χ0n) is 34.1. The minimum atomic E-state index is -1.80. The number of carbonyl (C=O) groups excluding carboxylic acids is 2. The lowest BCUT2D eigenvalue weighted by atomic mass is 9.46. The Morgan fingerprint density at radius 3 is 2.10 bits per heavy atom. The van der Waals surface area contributed by atoms with Gasteiger partial charge in [0.15, 0.2) is 18.2 Å². The summed E-state index contributed by atoms with van der Waals surface area (Å²) >= 11 is 0. The van der Waals surface area contributed by atoms with Crippen LogP contribution < -0.4 is 0 Å². The lowest BCUT2D eigenvalue weighted by Crippen LogP contribution is -2.65. The number of esters is 2. The molecule has 8 rings (SSSR count). The smallest absolute Gasteiger partial charge is 0.338 e. The molecule has 22 atom stereocenters. The summed E-state index contributed by atoms with van der Waals surface area (Å²) in [4.78, 5) is 25.7. The van der Waals surface area contributed by atoms with Crippen molar-refractivity contribution >= 4 is 11.9 Å². The zero-order chi connectivity index (χ0) is 41.9. The van der Waals surface area contributed by atoms with Crippen molar-refractivity contribution in [3.8, 4) is 0 Å². The minimum Gasteiger partial charge on any atom is -0.462 e. The number of ether oxygens (including phenoxy) is 6. The number of aliphatic hydroxyl groups is 8. The molecule has 328 valence electrons. The van der Waals surface area contributed by atoms with Crippen LogP contribution in [0.25, 0.3) is 0 Å². The van der Waals surface area contributed by atoms with E-state index in [0.717, 1.165) is 44.1 Å². The predicted molar refractivity (Wildman–Crippen MR) is 199 cm³/mol. The van der Waals surface area contributed by atoms with Crippen molar-refractivity contribution < 1.29 is 78.9 Å². The fourth-order valence-corrected chi connectivity index (χ4v) is 13.5. The van der Waals surface area contributed by atoms with Gasteiger partial charge < -0.3 is 69.3 Å². The third kappa shape index (κ3) is 6.54. The molecule has 0 spiro atoms. The van der Waals surface area contributed by atoms with E-state index in [-0.39, 0.29) is 29.8 Å². The van der Waals surface area contributed by atoms with Crippen LogP contribution in [0.3, 0.4) is 0 Å². The van der Waals surface area contributed by atoms with E-state index in [1.54, 1.807) is 6.92 Å². The van der Waals surface area contributed by atoms with Crippen LogP contribution in [0.15, 0.2) is 11.6 Å². The van der Waals surface area contributed by atoms with Gasteiger partial charge in [-0.15, -0.1) is 0 Å². The van der Waals surface area contributed by atoms with Gasteiger partial charge in [-0.3, -0.25) is 4.79 Å². The molecule has 0 aromatic carbocycles. The zero-order valence-corrected chi connectivity index (χ0v) is 34.1. The van der Waals surface area contributed by atoms with Crippen LogP contribution in [-0.4, -0.2) is 151 Å². The predicted octanol–water partition coefficient (Wildman–Crippen LogP) is 0.209. The van der Waals surface area contributed by atoms with E-state index in [1.165, 1.54) is 6.92 Å². The standard InChI is InChI=1S/C42H64O16/c1-18(45)53-29-13-20(54-37-35(33(49)31(47)28(17-44)56-37)58-36-34(50)32(48)30(46)27(16-43)55-36)12-19-6-7-21-23-8-9-24(40(23,3)11-10-25(21)41(19,29)4)22-14-39(2)15-26(22)57-38(51)42(39,5)52/h6,20-37,43-44,46-50,52H,7-17H2,1-5H3/t20-,21+,22+,23+,24-,25+,26+,27-,28-,29+,30-,31-,32+,33+,34-,35-,36+,37-,39+,40+,41+,42-/m1/s1. The van der Waals surface area contributed by atoms with Crippen LogP contribution >= 0.6 is 0 Å². The van der Waals surface area contributed by atoms with Crippen LogP contribution in [0.5, 0.6) is 0 Å². The van der Waals surface area contributed by atoms with Gasteiger partial charge in [-0.1, -0.05) is 32.4 Å². The van der Waals surface area contributed by atoms with Gasteiger partial charge >= 0.3 is 11.9 Å². The molecule has 3 heterocycles. The minimum absolute atomic E-state index is 0.0137. The molecule has 16 heteroatoms. The normalized spacial score (nSPS) is 55.1. The van der Waals surface area contributed by atoms with E-state index in [4.69, 9.17) is 28.4 Å². The first kappa shape index (κ1) is 42.9. The highest BCUT2D eigenvalue weighted by molar-refractivity contribution is 5.81. The number of carbonyl (C=O) groups is 2. The van der Waals surface area contributed by atoms with E-state index in [9.17, 15) is 50.4 Å². The first-order valence-electron chi connectivity index (χ1n) is 21.3. The molecule has 5 aliphatic carbocycles. The molecule has 3 aliphatic heterocycles. The fraction of sp³-hybridized carbons (Fsp3) is 0.905. The Morgan fingerprint density at radius 2 is 1.45 bits per heavy atom. The molecule has 0 aromatic rings. The second-order valence-corrected chi connectivity index (χ2v) is 19.8. The second kappa shape index (κ2) is 15.2. The molecule has 3 saturated heterocycles. The number of hydrogen-bond donors (Lipinski definition) is 8. The lowest BCUT2D eigenvalue weighted by Gasteiger charge is -2.60. The molecule has 0 aromatic heterocycles. The highest BCUT2D eigenvalue weighted by Crippen LogP contribution is 2.70. The Morgan fingerprint density at radius 1 is 0.810 bits per heavy atom. The summed E-state index contributed by atoms with van der Waals surface area (Å²) < 4.78 is 36.1. The maximum absolute atomic E-state index is 12.9. The molecule has 8 aliphatic rings. The van der Waals surface area contributed by atoms with Gasteiger partial charge in [-0.25, -0.2) is 4.79 Å². The molecule has 8 N–H and O–H groups in total. The number of hydrogen-bond acceptors (Lipinski definition) is 16. The molecular formula is C42H64O16. The van der Waals surface area contributed by atoms with Crippen LogP contribution in [-0.2, 0) is 38.0 Å². The number of fused-ring (bicyclic) bond motifs is 7. The Balaban J connectivity index is 1.03. The Bertz CT molecular complexity index is 1600. The van der Waals surface area contributed by atoms with E-state index in [0.29, 0.717) is 30.6 Å². The van der Waals surface area contributed by atoms with E-state index in [1.807, 2.05) is 6.92 Å². The van der Waals surface area contributed by atoms with Crippen molar-refractivity contribution in [3.63, 3.8) is 0 Å². The first-order valence-corrected chi connectivity index (χ1v) is 21.3. The molecule has 2 bridgehead atoms. The summed E-state index contributed by atoms with van der Waals surface area (Å²) in [7, 11) is 0. The van der Waals surface area contributed by atoms with Crippen molar-refractivity contribution in [1.82, 2.24) is 0 Å². The summed E-state index contributed by atoms with van der Waals surface area (Å²) in [5.41, 5.74) is -1.45. The van der Waals surface area contributed by atoms with E-state index in [2.05, 4.69) is 19.9 Å². The Hall–Kier alpha value is -1.80. The molecule has 16 nitrogen and oxygen atoms in total. The van der Waals surface area contributed by atoms with Gasteiger partial charge in [-0.05, 0) is 93.3 Å². The van der Waals surface area contributed by atoms with Crippen LogP contribution in [0.1, 0.15) is 92.4 Å². The monoisotopic (exact) mass is 824 g/mol. The number of allylic oxidation sites excluding steroid dienone is 1. The van der Waals surface area contributed by atoms with Crippen molar-refractivity contribution in [2.45, 2.75) is 178 Å². The van der Waals surface area contributed by atoms with Crippen molar-refractivity contribution in [2.75, 3.05) is 13.2 Å². The molecule has 4 saturated carbocycles. The first-order chi connectivity index (χ1) is 27.3. The summed E-state index contributed by atoms with van der Waals surface area (Å²) in [6, 6.07) is 0. The van der Waals surface area contributed by atoms with Gasteiger partial charge in [0.1, 0.15) is 61.0 Å². The maximum atomic E-state index is 12.9. The van der Waals surface area contributed by atoms with Gasteiger partial charge in [0, 0.05) is 24.2 Å². The summed E-state index contributed by atoms with van der Waals surface area (Å²) in [6.07, 6.45) is -7.95. The van der Waals surface area contributed by atoms with E-state index >= 15 is 0 Å². The van der Waals surface area contributed by atoms with Crippen LogP contribution in [0.4, 0.5) is 0 Å². The summed E-state index contributed by atoms with van der Waals surface area (Å²) in [5.74, 6) is 0.525. The SMILES string of the molecule is CC(=O)O[C@H]1C[C@H](O[C@@H]2O[C@H](CO)[C@@H](O)[C@H](O)[C@H]2O[C@@H]2O[C@H](CO)[C@@H](O)[C@H](O)[C@H]2O)CC2=CC[C@H]3[C@@H]4CC[C@H]([C@@H]5C[C@@]6(C)C[C@@H]5OC(=O)[C@@]6(C)O)[C@@]4(C)CC[C@@H]3[C@]21C. The molecule has 7 fully saturated rings. The molecule has 0 amide bonds. The summed E-state index contributed by atoms with van der Waals surface area (Å²) in [5, 5.41) is 84.3. The summed E-state index contributed by atoms with van der Waals surface area (Å²) in [6.45, 7) is 8.26. The highest BCUT2D eigenvalue weighted by Gasteiger charge is 2.68. The topological polar surface area (TPSA) is 251 Å². The third-order valence-corrected chi connectivity index (χ3v) is 17.0. The molecule has 0 radical (unpaired) electrons. The quantitative estimate of drug-likeness (QED) is 0.120. The van der Waals surface area contributed by atoms with Crippen molar-refractivity contribution in [1.29, 1.82) is 0 Å². The van der Waals surface area contributed by atoms with Crippen molar-refractivity contribution in [2.24, 2.45) is 45.8 Å². The lowest BCUT2D eigenvalue weighted by molar-refractivity contribution is -0.372. The van der Waals surface area contributed by atoms with Crippen molar-refractivity contribution in [3.05, 3.63) is 11.6 Å². The fourth-order valence-electron chi connectivity index (χ4n) is 13.5.